The molecule has 0 aromatic heterocycles. The minimum atomic E-state index is -0.347. The van der Waals surface area contributed by atoms with Gasteiger partial charge in [0.25, 0.3) is 0 Å². The molecule has 0 saturated heterocycles. The number of allylic oxidation sites excluding steroid dienone is 2. The molecule has 2 fully saturated rings. The fourth-order valence-electron chi connectivity index (χ4n) is 3.80. The van der Waals surface area contributed by atoms with Crippen LogP contribution in [0.5, 0.6) is 0 Å². The highest BCUT2D eigenvalue weighted by atomic mass is 16.1. The summed E-state index contributed by atoms with van der Waals surface area (Å²) < 4.78 is 0. The van der Waals surface area contributed by atoms with Crippen molar-refractivity contribution in [2.45, 2.75) is 32.1 Å². The van der Waals surface area contributed by atoms with E-state index in [1.807, 2.05) is 0 Å². The van der Waals surface area contributed by atoms with Crippen LogP contribution in [0.3, 0.4) is 0 Å². The van der Waals surface area contributed by atoms with E-state index in [0.29, 0.717) is 17.8 Å². The molecule has 2 saturated carbocycles. The van der Waals surface area contributed by atoms with Crippen LogP contribution in [0.25, 0.3) is 0 Å². The topological polar surface area (TPSA) is 34.1 Å². The van der Waals surface area contributed by atoms with Crippen LogP contribution >= 0.6 is 0 Å². The van der Waals surface area contributed by atoms with Gasteiger partial charge in [-0.2, -0.15) is 0 Å². The SMILES string of the molecule is O=CC1=C[C@@H]2CCCC[C@H]2[C@@H]2C[C@]12C=O. The van der Waals surface area contributed by atoms with Gasteiger partial charge in [-0.25, -0.2) is 0 Å². The average Bonchev–Trinajstić information content (AvgIpc) is 3.04. The molecule has 0 unspecified atom stereocenters. The molecule has 0 N–H and O–H groups in total. The molecule has 0 aromatic rings. The molecule has 4 atom stereocenters. The van der Waals surface area contributed by atoms with Crippen molar-refractivity contribution < 1.29 is 9.59 Å². The second-order valence-electron chi connectivity index (χ2n) is 5.32. The van der Waals surface area contributed by atoms with Crippen LogP contribution in [0.15, 0.2) is 11.6 Å². The second-order valence-corrected chi connectivity index (χ2v) is 5.32. The summed E-state index contributed by atoms with van der Waals surface area (Å²) in [5.41, 5.74) is 0.436. The van der Waals surface area contributed by atoms with Crippen molar-refractivity contribution >= 4 is 12.6 Å². The van der Waals surface area contributed by atoms with Gasteiger partial charge in [0.2, 0.25) is 0 Å². The van der Waals surface area contributed by atoms with Gasteiger partial charge in [-0.05, 0) is 37.0 Å². The lowest BCUT2D eigenvalue weighted by Gasteiger charge is -2.35. The molecule has 0 heterocycles. The zero-order valence-corrected chi connectivity index (χ0v) is 8.82. The standard InChI is InChI=1S/C13H16O2/c14-7-10-5-9-3-1-2-4-11(9)12-6-13(10,12)8-15/h5,7-9,11-12H,1-4,6H2/t9-,11+,12-,13-/m0/s1. The van der Waals surface area contributed by atoms with Crippen LogP contribution in [-0.2, 0) is 9.59 Å². The van der Waals surface area contributed by atoms with E-state index in [-0.39, 0.29) is 5.41 Å². The van der Waals surface area contributed by atoms with Crippen molar-refractivity contribution in [1.82, 2.24) is 0 Å². The molecule has 0 aromatic carbocycles. The smallest absolute Gasteiger partial charge is 0.146 e. The first-order valence-corrected chi connectivity index (χ1v) is 5.95. The third-order valence-corrected chi connectivity index (χ3v) is 4.72. The fourth-order valence-corrected chi connectivity index (χ4v) is 3.80. The van der Waals surface area contributed by atoms with E-state index in [9.17, 15) is 9.59 Å². The lowest BCUT2D eigenvalue weighted by Crippen LogP contribution is -2.29. The molecule has 3 aliphatic carbocycles. The highest BCUT2D eigenvalue weighted by Crippen LogP contribution is 2.65. The van der Waals surface area contributed by atoms with Crippen molar-refractivity contribution in [2.75, 3.05) is 0 Å². The Morgan fingerprint density at radius 2 is 2.07 bits per heavy atom. The summed E-state index contributed by atoms with van der Waals surface area (Å²) in [5, 5.41) is 0. The van der Waals surface area contributed by atoms with Crippen molar-refractivity contribution in [3.63, 3.8) is 0 Å². The molecule has 0 amide bonds. The quantitative estimate of drug-likeness (QED) is 0.646. The first kappa shape index (κ1) is 9.32. The molecular formula is C13H16O2. The van der Waals surface area contributed by atoms with Crippen LogP contribution in [0, 0.1) is 23.2 Å². The average molecular weight is 204 g/mol. The summed E-state index contributed by atoms with van der Waals surface area (Å²) in [5.74, 6) is 1.76. The number of rotatable bonds is 2. The molecule has 0 radical (unpaired) electrons. The fraction of sp³-hybridized carbons (Fsp3) is 0.692. The zero-order valence-electron chi connectivity index (χ0n) is 8.82. The first-order valence-electron chi connectivity index (χ1n) is 5.95. The normalized spacial score (nSPS) is 47.2. The first-order chi connectivity index (χ1) is 7.31. The molecule has 0 aliphatic heterocycles. The maximum Gasteiger partial charge on any atom is 0.146 e. The van der Waals surface area contributed by atoms with Crippen molar-refractivity contribution in [1.29, 1.82) is 0 Å². The van der Waals surface area contributed by atoms with Crippen LogP contribution in [0.4, 0.5) is 0 Å². The summed E-state index contributed by atoms with van der Waals surface area (Å²) in [4.78, 5) is 22.2. The Hall–Kier alpha value is -0.920. The van der Waals surface area contributed by atoms with Gasteiger partial charge in [0.05, 0.1) is 5.41 Å². The highest BCUT2D eigenvalue weighted by Gasteiger charge is 2.63. The Balaban J connectivity index is 1.98. The predicted molar refractivity (Wildman–Crippen MR) is 56.2 cm³/mol. The number of carbonyl (C=O) groups excluding carboxylic acids is 2. The Morgan fingerprint density at radius 1 is 1.27 bits per heavy atom. The molecular weight excluding hydrogens is 188 g/mol. The summed E-state index contributed by atoms with van der Waals surface area (Å²) in [6.07, 6.45) is 10.0. The molecule has 0 spiro atoms. The Bertz CT molecular complexity index is 344. The molecule has 2 heteroatoms. The monoisotopic (exact) mass is 204 g/mol. The lowest BCUT2D eigenvalue weighted by molar-refractivity contribution is -0.114. The molecule has 3 rings (SSSR count). The van der Waals surface area contributed by atoms with Crippen molar-refractivity contribution in [2.24, 2.45) is 23.2 Å². The number of hydrogen-bond donors (Lipinski definition) is 0. The molecule has 3 aliphatic rings. The van der Waals surface area contributed by atoms with Gasteiger partial charge in [0.15, 0.2) is 0 Å². The zero-order chi connectivity index (χ0) is 10.5. The van der Waals surface area contributed by atoms with E-state index >= 15 is 0 Å². The van der Waals surface area contributed by atoms with Gasteiger partial charge >= 0.3 is 0 Å². The van der Waals surface area contributed by atoms with Crippen LogP contribution < -0.4 is 0 Å². The number of hydrogen-bond acceptors (Lipinski definition) is 2. The number of carbonyl (C=O) groups is 2. The number of aldehydes is 2. The minimum Gasteiger partial charge on any atom is -0.302 e. The molecule has 15 heavy (non-hydrogen) atoms. The summed E-state index contributed by atoms with van der Waals surface area (Å²) in [6.45, 7) is 0. The Morgan fingerprint density at radius 3 is 2.80 bits per heavy atom. The molecule has 0 bridgehead atoms. The van der Waals surface area contributed by atoms with Gasteiger partial charge in [-0.1, -0.05) is 18.9 Å². The van der Waals surface area contributed by atoms with Crippen LogP contribution in [-0.4, -0.2) is 12.6 Å². The Kier molecular flexibility index (Phi) is 1.88. The third-order valence-electron chi connectivity index (χ3n) is 4.72. The molecule has 80 valence electrons. The largest absolute Gasteiger partial charge is 0.302 e. The van der Waals surface area contributed by atoms with E-state index < -0.39 is 0 Å². The number of fused-ring (bicyclic) bond motifs is 3. The van der Waals surface area contributed by atoms with E-state index in [4.69, 9.17) is 0 Å². The van der Waals surface area contributed by atoms with Gasteiger partial charge in [0, 0.05) is 5.57 Å². The van der Waals surface area contributed by atoms with E-state index in [1.54, 1.807) is 0 Å². The minimum absolute atomic E-state index is 0.347. The Labute approximate surface area is 89.7 Å². The molecule has 2 nitrogen and oxygen atoms in total. The van der Waals surface area contributed by atoms with Gasteiger partial charge in [-0.3, -0.25) is 4.79 Å². The highest BCUT2D eigenvalue weighted by molar-refractivity contribution is 5.88. The van der Waals surface area contributed by atoms with E-state index in [0.717, 1.165) is 24.6 Å². The van der Waals surface area contributed by atoms with Crippen molar-refractivity contribution in [3.8, 4) is 0 Å². The maximum atomic E-state index is 11.2. The van der Waals surface area contributed by atoms with E-state index in [1.165, 1.54) is 25.7 Å². The summed E-state index contributed by atoms with van der Waals surface area (Å²) in [7, 11) is 0. The van der Waals surface area contributed by atoms with Crippen molar-refractivity contribution in [3.05, 3.63) is 11.6 Å². The lowest BCUT2D eigenvalue weighted by atomic mass is 9.69. The maximum absolute atomic E-state index is 11.2. The van der Waals surface area contributed by atoms with Gasteiger partial charge in [0.1, 0.15) is 12.6 Å². The summed E-state index contributed by atoms with van der Waals surface area (Å²) >= 11 is 0. The van der Waals surface area contributed by atoms with Crippen LogP contribution in [0.2, 0.25) is 0 Å². The van der Waals surface area contributed by atoms with Gasteiger partial charge < -0.3 is 4.79 Å². The van der Waals surface area contributed by atoms with E-state index in [2.05, 4.69) is 6.08 Å². The second kappa shape index (κ2) is 3.03. The third kappa shape index (κ3) is 1.11. The predicted octanol–water partition coefficient (Wildman–Crippen LogP) is 2.14. The summed E-state index contributed by atoms with van der Waals surface area (Å²) in [6, 6.07) is 0. The van der Waals surface area contributed by atoms with Crippen LogP contribution in [0.1, 0.15) is 32.1 Å². The van der Waals surface area contributed by atoms with Gasteiger partial charge in [-0.15, -0.1) is 0 Å².